The van der Waals surface area contributed by atoms with Crippen molar-refractivity contribution < 1.29 is 9.18 Å². The Morgan fingerprint density at radius 3 is 2.86 bits per heavy atom. The molecule has 0 heterocycles. The lowest BCUT2D eigenvalue weighted by Crippen LogP contribution is -2.15. The minimum absolute atomic E-state index is 0.120. The van der Waals surface area contributed by atoms with Crippen molar-refractivity contribution in [3.8, 4) is 0 Å². The van der Waals surface area contributed by atoms with Crippen LogP contribution in [0.2, 0.25) is 5.02 Å². The van der Waals surface area contributed by atoms with Gasteiger partial charge in [-0.05, 0) is 42.8 Å². The van der Waals surface area contributed by atoms with Crippen LogP contribution >= 0.6 is 23.4 Å². The molecule has 0 atom stereocenters. The molecule has 0 saturated heterocycles. The molecule has 0 spiro atoms. The summed E-state index contributed by atoms with van der Waals surface area (Å²) in [6, 6.07) is 9.66. The van der Waals surface area contributed by atoms with Crippen molar-refractivity contribution in [1.29, 1.82) is 0 Å². The minimum atomic E-state index is -0.555. The first-order chi connectivity index (χ1) is 9.97. The van der Waals surface area contributed by atoms with E-state index in [9.17, 15) is 9.18 Å². The van der Waals surface area contributed by atoms with Gasteiger partial charge in [-0.2, -0.15) is 0 Å². The van der Waals surface area contributed by atoms with Crippen LogP contribution in [0.25, 0.3) is 0 Å². The molecule has 0 aliphatic rings. The van der Waals surface area contributed by atoms with Crippen LogP contribution in [0.3, 0.4) is 0 Å². The molecule has 0 aromatic heterocycles. The summed E-state index contributed by atoms with van der Waals surface area (Å²) < 4.78 is 13.6. The molecule has 110 valence electrons. The van der Waals surface area contributed by atoms with E-state index >= 15 is 0 Å². The summed E-state index contributed by atoms with van der Waals surface area (Å²) in [4.78, 5) is 12.8. The summed E-state index contributed by atoms with van der Waals surface area (Å²) in [5, 5.41) is 2.80. The number of amides is 1. The van der Waals surface area contributed by atoms with Gasteiger partial charge in [0.15, 0.2) is 0 Å². The molecule has 3 nitrogen and oxygen atoms in total. The summed E-state index contributed by atoms with van der Waals surface area (Å²) >= 11 is 7.02. The van der Waals surface area contributed by atoms with Crippen LogP contribution in [0.5, 0.6) is 0 Å². The predicted octanol–water partition coefficient (Wildman–Crippen LogP) is 4.10. The summed E-state index contributed by atoms with van der Waals surface area (Å²) in [5.41, 5.74) is 7.55. The molecule has 0 aliphatic heterocycles. The average molecular weight is 325 g/mol. The van der Waals surface area contributed by atoms with Gasteiger partial charge < -0.3 is 11.1 Å². The van der Waals surface area contributed by atoms with Gasteiger partial charge >= 0.3 is 0 Å². The smallest absolute Gasteiger partial charge is 0.234 e. The second-order valence-electron chi connectivity index (χ2n) is 4.43. The van der Waals surface area contributed by atoms with Crippen LogP contribution < -0.4 is 11.1 Å². The number of anilines is 2. The van der Waals surface area contributed by atoms with E-state index in [-0.39, 0.29) is 22.4 Å². The molecule has 0 saturated carbocycles. The standard InChI is InChI=1S/C15H14ClFN2OS/c1-9-12(18)3-2-4-14(9)21-8-15(20)19-13-6-5-10(16)7-11(13)17/h2-7H,8,18H2,1H3,(H,19,20). The number of rotatable bonds is 4. The number of nitrogen functional groups attached to an aromatic ring is 1. The van der Waals surface area contributed by atoms with Gasteiger partial charge in [-0.15, -0.1) is 11.8 Å². The molecule has 0 fully saturated rings. The minimum Gasteiger partial charge on any atom is -0.398 e. The highest BCUT2D eigenvalue weighted by Gasteiger charge is 2.09. The fraction of sp³-hybridized carbons (Fsp3) is 0.133. The monoisotopic (exact) mass is 324 g/mol. The number of nitrogens with two attached hydrogens (primary N) is 1. The molecule has 2 aromatic carbocycles. The van der Waals surface area contributed by atoms with Crippen molar-refractivity contribution in [3.63, 3.8) is 0 Å². The zero-order valence-corrected chi connectivity index (χ0v) is 12.9. The highest BCUT2D eigenvalue weighted by molar-refractivity contribution is 8.00. The van der Waals surface area contributed by atoms with E-state index in [1.54, 1.807) is 0 Å². The first kappa shape index (κ1) is 15.7. The van der Waals surface area contributed by atoms with Gasteiger partial charge in [0.05, 0.1) is 11.4 Å². The van der Waals surface area contributed by atoms with Crippen molar-refractivity contribution in [3.05, 3.63) is 52.8 Å². The fourth-order valence-electron chi connectivity index (χ4n) is 1.71. The zero-order chi connectivity index (χ0) is 15.4. The van der Waals surface area contributed by atoms with Crippen LogP contribution in [-0.2, 0) is 4.79 Å². The first-order valence-electron chi connectivity index (χ1n) is 6.20. The molecular formula is C15H14ClFN2OS. The van der Waals surface area contributed by atoms with Gasteiger partial charge in [0.2, 0.25) is 5.91 Å². The van der Waals surface area contributed by atoms with Gasteiger partial charge in [0, 0.05) is 15.6 Å². The van der Waals surface area contributed by atoms with E-state index in [1.165, 1.54) is 23.9 Å². The Balaban J connectivity index is 1.97. The Morgan fingerprint density at radius 2 is 2.14 bits per heavy atom. The van der Waals surface area contributed by atoms with Crippen molar-refractivity contribution >= 4 is 40.6 Å². The van der Waals surface area contributed by atoms with Crippen LogP contribution in [0.15, 0.2) is 41.3 Å². The number of thioether (sulfide) groups is 1. The summed E-state index contributed by atoms with van der Waals surface area (Å²) in [6.07, 6.45) is 0. The molecule has 21 heavy (non-hydrogen) atoms. The van der Waals surface area contributed by atoms with Crippen LogP contribution in [-0.4, -0.2) is 11.7 Å². The SMILES string of the molecule is Cc1c(N)cccc1SCC(=O)Nc1ccc(Cl)cc1F. The molecule has 3 N–H and O–H groups in total. The number of hydrogen-bond acceptors (Lipinski definition) is 3. The second-order valence-corrected chi connectivity index (χ2v) is 5.89. The van der Waals surface area contributed by atoms with Crippen LogP contribution in [0.4, 0.5) is 15.8 Å². The van der Waals surface area contributed by atoms with Crippen molar-refractivity contribution in [2.45, 2.75) is 11.8 Å². The number of carbonyl (C=O) groups is 1. The predicted molar refractivity (Wildman–Crippen MR) is 86.4 cm³/mol. The number of benzene rings is 2. The van der Waals surface area contributed by atoms with E-state index in [0.29, 0.717) is 5.69 Å². The maximum absolute atomic E-state index is 13.6. The van der Waals surface area contributed by atoms with E-state index < -0.39 is 5.82 Å². The molecule has 2 aromatic rings. The Hall–Kier alpha value is -1.72. The molecule has 0 bridgehead atoms. The number of hydrogen-bond donors (Lipinski definition) is 2. The van der Waals surface area contributed by atoms with Crippen LogP contribution in [0.1, 0.15) is 5.56 Å². The molecule has 0 aliphatic carbocycles. The maximum Gasteiger partial charge on any atom is 0.234 e. The lowest BCUT2D eigenvalue weighted by Gasteiger charge is -2.09. The van der Waals surface area contributed by atoms with E-state index in [0.717, 1.165) is 16.5 Å². The van der Waals surface area contributed by atoms with Gasteiger partial charge in [-0.3, -0.25) is 4.79 Å². The average Bonchev–Trinajstić information content (AvgIpc) is 2.43. The molecule has 2 rings (SSSR count). The van der Waals surface area contributed by atoms with Crippen molar-refractivity contribution in [1.82, 2.24) is 0 Å². The Kier molecular flexibility index (Phi) is 5.09. The molecule has 1 amide bonds. The zero-order valence-electron chi connectivity index (χ0n) is 11.3. The largest absolute Gasteiger partial charge is 0.398 e. The first-order valence-corrected chi connectivity index (χ1v) is 7.56. The lowest BCUT2D eigenvalue weighted by atomic mass is 10.2. The number of carbonyl (C=O) groups excluding carboxylic acids is 1. The second kappa shape index (κ2) is 6.83. The van der Waals surface area contributed by atoms with Crippen LogP contribution in [0, 0.1) is 12.7 Å². The maximum atomic E-state index is 13.6. The third kappa shape index (κ3) is 4.12. The topological polar surface area (TPSA) is 55.1 Å². The Morgan fingerprint density at radius 1 is 1.38 bits per heavy atom. The van der Waals surface area contributed by atoms with E-state index in [1.807, 2.05) is 25.1 Å². The number of halogens is 2. The van der Waals surface area contributed by atoms with Gasteiger partial charge in [-0.1, -0.05) is 17.7 Å². The molecule has 0 radical (unpaired) electrons. The van der Waals surface area contributed by atoms with Gasteiger partial charge in [0.1, 0.15) is 5.82 Å². The molecule has 6 heteroatoms. The van der Waals surface area contributed by atoms with Gasteiger partial charge in [-0.25, -0.2) is 4.39 Å². The Labute approximate surface area is 131 Å². The highest BCUT2D eigenvalue weighted by atomic mass is 35.5. The normalized spacial score (nSPS) is 10.4. The third-order valence-corrected chi connectivity index (χ3v) is 4.28. The molecule has 0 unspecified atom stereocenters. The third-order valence-electron chi connectivity index (χ3n) is 2.89. The van der Waals surface area contributed by atoms with Crippen molar-refractivity contribution in [2.75, 3.05) is 16.8 Å². The number of nitrogens with one attached hydrogen (secondary N) is 1. The summed E-state index contributed by atoms with van der Waals surface area (Å²) in [7, 11) is 0. The van der Waals surface area contributed by atoms with Gasteiger partial charge in [0.25, 0.3) is 0 Å². The summed E-state index contributed by atoms with van der Waals surface area (Å²) in [6.45, 7) is 1.90. The summed E-state index contributed by atoms with van der Waals surface area (Å²) in [5.74, 6) is -0.671. The highest BCUT2D eigenvalue weighted by Crippen LogP contribution is 2.26. The van der Waals surface area contributed by atoms with E-state index in [4.69, 9.17) is 17.3 Å². The fourth-order valence-corrected chi connectivity index (χ4v) is 2.73. The van der Waals surface area contributed by atoms with Crippen molar-refractivity contribution in [2.24, 2.45) is 0 Å². The van der Waals surface area contributed by atoms with E-state index in [2.05, 4.69) is 5.32 Å². The Bertz CT molecular complexity index is 679. The lowest BCUT2D eigenvalue weighted by molar-refractivity contribution is -0.113. The quantitative estimate of drug-likeness (QED) is 0.657. The molecular weight excluding hydrogens is 311 g/mol.